The Morgan fingerprint density at radius 3 is 2.56 bits per heavy atom. The number of amides is 1. The minimum atomic E-state index is -0.421. The zero-order valence-corrected chi connectivity index (χ0v) is 10.1. The number of aromatic nitrogens is 2. The Labute approximate surface area is 95.5 Å². The lowest BCUT2D eigenvalue weighted by molar-refractivity contribution is -0.119. The van der Waals surface area contributed by atoms with E-state index in [4.69, 9.17) is 5.73 Å². The molecule has 1 aromatic rings. The first kappa shape index (κ1) is 12.4. The van der Waals surface area contributed by atoms with Crippen LogP contribution >= 0.6 is 0 Å². The lowest BCUT2D eigenvalue weighted by Crippen LogP contribution is -2.40. The van der Waals surface area contributed by atoms with E-state index in [1.165, 1.54) is 0 Å². The normalized spacial score (nSPS) is 12.6. The number of carbonyl (C=O) groups is 1. The molecule has 16 heavy (non-hydrogen) atoms. The highest BCUT2D eigenvalue weighted by atomic mass is 16.1. The molecule has 0 aliphatic heterocycles. The predicted molar refractivity (Wildman–Crippen MR) is 62.9 cm³/mol. The molecule has 0 bridgehead atoms. The van der Waals surface area contributed by atoms with Crippen LogP contribution in [0, 0.1) is 19.8 Å². The second-order valence-electron chi connectivity index (χ2n) is 4.21. The van der Waals surface area contributed by atoms with Gasteiger partial charge in [0, 0.05) is 6.20 Å². The maximum Gasteiger partial charge on any atom is 0.240 e. The van der Waals surface area contributed by atoms with E-state index in [9.17, 15) is 4.79 Å². The third kappa shape index (κ3) is 2.92. The number of anilines is 1. The van der Waals surface area contributed by atoms with Gasteiger partial charge in [0.2, 0.25) is 5.91 Å². The molecular weight excluding hydrogens is 204 g/mol. The van der Waals surface area contributed by atoms with E-state index < -0.39 is 6.04 Å². The number of hydrogen-bond acceptors (Lipinski definition) is 4. The van der Waals surface area contributed by atoms with Gasteiger partial charge in [0.1, 0.15) is 11.9 Å². The number of carbonyl (C=O) groups excluding carboxylic acids is 1. The van der Waals surface area contributed by atoms with Crippen LogP contribution < -0.4 is 11.1 Å². The lowest BCUT2D eigenvalue weighted by atomic mass is 10.0. The van der Waals surface area contributed by atoms with Gasteiger partial charge in [-0.1, -0.05) is 13.8 Å². The molecule has 88 valence electrons. The van der Waals surface area contributed by atoms with Crippen molar-refractivity contribution in [2.45, 2.75) is 33.7 Å². The average Bonchev–Trinajstić information content (AvgIpc) is 2.18. The maximum atomic E-state index is 11.3. The largest absolute Gasteiger partial charge is 0.368 e. The Hall–Kier alpha value is -1.65. The second-order valence-corrected chi connectivity index (χ2v) is 4.21. The van der Waals surface area contributed by atoms with Gasteiger partial charge in [-0.2, -0.15) is 0 Å². The maximum absolute atomic E-state index is 11.3. The molecule has 1 heterocycles. The highest BCUT2D eigenvalue weighted by Crippen LogP contribution is 2.13. The van der Waals surface area contributed by atoms with Gasteiger partial charge < -0.3 is 11.1 Å². The third-order valence-electron chi connectivity index (χ3n) is 2.34. The van der Waals surface area contributed by atoms with E-state index in [-0.39, 0.29) is 11.8 Å². The van der Waals surface area contributed by atoms with Gasteiger partial charge in [-0.15, -0.1) is 0 Å². The van der Waals surface area contributed by atoms with Crippen LogP contribution in [0.15, 0.2) is 6.20 Å². The minimum absolute atomic E-state index is 0.110. The summed E-state index contributed by atoms with van der Waals surface area (Å²) in [6.07, 6.45) is 1.69. The molecule has 1 unspecified atom stereocenters. The monoisotopic (exact) mass is 222 g/mol. The molecule has 0 fully saturated rings. The fourth-order valence-electron chi connectivity index (χ4n) is 1.39. The molecule has 0 aromatic carbocycles. The van der Waals surface area contributed by atoms with E-state index >= 15 is 0 Å². The number of primary amides is 1. The minimum Gasteiger partial charge on any atom is -0.368 e. The Bertz CT molecular complexity index is 390. The van der Waals surface area contributed by atoms with Gasteiger partial charge >= 0.3 is 0 Å². The zero-order valence-electron chi connectivity index (χ0n) is 10.1. The van der Waals surface area contributed by atoms with Crippen molar-refractivity contribution in [3.8, 4) is 0 Å². The molecule has 1 aromatic heterocycles. The van der Waals surface area contributed by atoms with Crippen molar-refractivity contribution in [2.75, 3.05) is 5.32 Å². The fraction of sp³-hybridized carbons (Fsp3) is 0.545. The Balaban J connectivity index is 2.93. The Morgan fingerprint density at radius 1 is 1.44 bits per heavy atom. The van der Waals surface area contributed by atoms with Crippen LogP contribution in [0.4, 0.5) is 5.82 Å². The van der Waals surface area contributed by atoms with Crippen molar-refractivity contribution in [1.29, 1.82) is 0 Å². The van der Waals surface area contributed by atoms with Crippen LogP contribution in [0.3, 0.4) is 0 Å². The third-order valence-corrected chi connectivity index (χ3v) is 2.34. The molecule has 0 aliphatic rings. The van der Waals surface area contributed by atoms with E-state index in [0.717, 1.165) is 11.4 Å². The SMILES string of the molecule is Cc1cnc(C)c(NC(C(N)=O)C(C)C)n1. The summed E-state index contributed by atoms with van der Waals surface area (Å²) in [6.45, 7) is 7.56. The summed E-state index contributed by atoms with van der Waals surface area (Å²) in [5.41, 5.74) is 6.89. The van der Waals surface area contributed by atoms with E-state index in [2.05, 4.69) is 15.3 Å². The quantitative estimate of drug-likeness (QED) is 0.796. The first-order valence-corrected chi connectivity index (χ1v) is 5.28. The van der Waals surface area contributed by atoms with Crippen molar-refractivity contribution >= 4 is 11.7 Å². The van der Waals surface area contributed by atoms with Gasteiger partial charge in [-0.3, -0.25) is 9.78 Å². The number of nitrogens with zero attached hydrogens (tertiary/aromatic N) is 2. The summed E-state index contributed by atoms with van der Waals surface area (Å²) in [6, 6.07) is -0.421. The van der Waals surface area contributed by atoms with Crippen molar-refractivity contribution in [3.05, 3.63) is 17.6 Å². The van der Waals surface area contributed by atoms with Gasteiger partial charge in [0.15, 0.2) is 0 Å². The molecular formula is C11H18N4O. The van der Waals surface area contributed by atoms with Crippen LogP contribution in [0.2, 0.25) is 0 Å². The number of hydrogen-bond donors (Lipinski definition) is 2. The molecule has 0 radical (unpaired) electrons. The summed E-state index contributed by atoms with van der Waals surface area (Å²) < 4.78 is 0. The van der Waals surface area contributed by atoms with Crippen LogP contribution in [0.5, 0.6) is 0 Å². The molecule has 1 atom stereocenters. The van der Waals surface area contributed by atoms with Gasteiger partial charge in [-0.25, -0.2) is 4.98 Å². The van der Waals surface area contributed by atoms with E-state index in [1.54, 1.807) is 6.20 Å². The smallest absolute Gasteiger partial charge is 0.240 e. The Morgan fingerprint density at radius 2 is 2.06 bits per heavy atom. The molecule has 1 rings (SSSR count). The average molecular weight is 222 g/mol. The highest BCUT2D eigenvalue weighted by Gasteiger charge is 2.20. The highest BCUT2D eigenvalue weighted by molar-refractivity contribution is 5.83. The molecule has 0 saturated carbocycles. The summed E-state index contributed by atoms with van der Waals surface area (Å²) in [4.78, 5) is 19.7. The van der Waals surface area contributed by atoms with Gasteiger partial charge in [0.25, 0.3) is 0 Å². The van der Waals surface area contributed by atoms with E-state index in [0.29, 0.717) is 5.82 Å². The lowest BCUT2D eigenvalue weighted by Gasteiger charge is -2.20. The second kappa shape index (κ2) is 4.92. The summed E-state index contributed by atoms with van der Waals surface area (Å²) >= 11 is 0. The van der Waals surface area contributed by atoms with Crippen LogP contribution in [0.1, 0.15) is 25.2 Å². The van der Waals surface area contributed by atoms with Crippen molar-refractivity contribution < 1.29 is 4.79 Å². The number of nitrogens with two attached hydrogens (primary N) is 1. The van der Waals surface area contributed by atoms with Gasteiger partial charge in [0.05, 0.1) is 11.4 Å². The number of nitrogens with one attached hydrogen (secondary N) is 1. The standard InChI is InChI=1S/C11H18N4O/c1-6(2)9(10(12)16)15-11-8(4)13-5-7(3)14-11/h5-6,9H,1-4H3,(H2,12,16)(H,14,15). The molecule has 0 saturated heterocycles. The first-order valence-electron chi connectivity index (χ1n) is 5.28. The topological polar surface area (TPSA) is 80.9 Å². The number of aryl methyl sites for hydroxylation is 2. The molecule has 5 heteroatoms. The molecule has 0 spiro atoms. The summed E-state index contributed by atoms with van der Waals surface area (Å²) in [7, 11) is 0. The molecule has 3 N–H and O–H groups in total. The van der Waals surface area contributed by atoms with E-state index in [1.807, 2.05) is 27.7 Å². The van der Waals surface area contributed by atoms with Gasteiger partial charge in [-0.05, 0) is 19.8 Å². The van der Waals surface area contributed by atoms with Crippen LogP contribution in [0.25, 0.3) is 0 Å². The van der Waals surface area contributed by atoms with Crippen molar-refractivity contribution in [3.63, 3.8) is 0 Å². The number of rotatable bonds is 4. The molecule has 0 aliphatic carbocycles. The van der Waals surface area contributed by atoms with Crippen LogP contribution in [-0.2, 0) is 4.79 Å². The summed E-state index contributed by atoms with van der Waals surface area (Å²) in [5.74, 6) is 0.356. The predicted octanol–water partition coefficient (Wildman–Crippen LogP) is 1.02. The Kier molecular flexibility index (Phi) is 3.82. The van der Waals surface area contributed by atoms with Crippen molar-refractivity contribution in [2.24, 2.45) is 11.7 Å². The zero-order chi connectivity index (χ0) is 12.3. The van der Waals surface area contributed by atoms with Crippen LogP contribution in [-0.4, -0.2) is 21.9 Å². The van der Waals surface area contributed by atoms with Crippen molar-refractivity contribution in [1.82, 2.24) is 9.97 Å². The first-order chi connectivity index (χ1) is 7.41. The fourth-order valence-corrected chi connectivity index (χ4v) is 1.39. The molecule has 5 nitrogen and oxygen atoms in total. The summed E-state index contributed by atoms with van der Waals surface area (Å²) in [5, 5.41) is 3.04. The molecule has 1 amide bonds.